The van der Waals surface area contributed by atoms with E-state index in [1.807, 2.05) is 19.3 Å². The lowest BCUT2D eigenvalue weighted by molar-refractivity contribution is 0.102. The molecule has 3 heterocycles. The third kappa shape index (κ3) is 3.17. The fourth-order valence-electron chi connectivity index (χ4n) is 3.94. The highest BCUT2D eigenvalue weighted by Crippen LogP contribution is 2.30. The topological polar surface area (TPSA) is 88.2 Å². The average molecular weight is 408 g/mol. The van der Waals surface area contributed by atoms with Crippen LogP contribution < -0.4 is 15.5 Å². The van der Waals surface area contributed by atoms with Gasteiger partial charge in [0.15, 0.2) is 17.3 Å². The number of nitrogens with one attached hydrogen (secondary N) is 2. The van der Waals surface area contributed by atoms with Gasteiger partial charge in [0.25, 0.3) is 5.91 Å². The van der Waals surface area contributed by atoms with Crippen LogP contribution in [0.2, 0.25) is 0 Å². The Kier molecular flexibility index (Phi) is 4.39. The average Bonchev–Trinajstić information content (AvgIpc) is 3.29. The number of fused-ring (bicyclic) bond motifs is 2. The number of aryl methyl sites for hydroxylation is 2. The molecule has 1 aliphatic rings. The summed E-state index contributed by atoms with van der Waals surface area (Å²) < 4.78 is 21.4. The number of carbonyl (C=O) groups excluding carboxylic acids is 1. The number of nitrogens with zero attached hydrogens (tertiary/aromatic N) is 4. The van der Waals surface area contributed by atoms with Gasteiger partial charge in [0.05, 0.1) is 5.56 Å². The maximum absolute atomic E-state index is 14.3. The smallest absolute Gasteiger partial charge is 0.257 e. The van der Waals surface area contributed by atoms with Crippen LogP contribution in [0.5, 0.6) is 0 Å². The predicted octanol–water partition coefficient (Wildman–Crippen LogP) is 2.82. The van der Waals surface area contributed by atoms with E-state index in [0.29, 0.717) is 28.2 Å². The molecule has 2 N–H and O–H groups in total. The molecule has 8 nitrogen and oxygen atoms in total. The number of rotatable bonds is 3. The molecule has 4 aromatic rings. The van der Waals surface area contributed by atoms with Crippen molar-refractivity contribution >= 4 is 39.3 Å². The minimum absolute atomic E-state index is 0.151. The van der Waals surface area contributed by atoms with Crippen molar-refractivity contribution in [3.05, 3.63) is 47.7 Å². The second-order valence-electron chi connectivity index (χ2n) is 7.43. The van der Waals surface area contributed by atoms with E-state index in [1.54, 1.807) is 23.7 Å². The number of amides is 1. The number of anilines is 2. The Morgan fingerprint density at radius 2 is 2.03 bits per heavy atom. The van der Waals surface area contributed by atoms with E-state index in [2.05, 4.69) is 25.6 Å². The van der Waals surface area contributed by atoms with Crippen molar-refractivity contribution in [2.45, 2.75) is 6.92 Å². The number of benzene rings is 2. The van der Waals surface area contributed by atoms with Crippen molar-refractivity contribution in [3.8, 4) is 0 Å². The first-order valence-electron chi connectivity index (χ1n) is 9.79. The van der Waals surface area contributed by atoms with Crippen LogP contribution in [-0.2, 0) is 7.05 Å². The number of carbonyl (C=O) groups is 1. The molecule has 5 rings (SSSR count). The van der Waals surface area contributed by atoms with Crippen LogP contribution in [0.4, 0.5) is 15.8 Å². The van der Waals surface area contributed by atoms with Crippen molar-refractivity contribution in [1.82, 2.24) is 20.1 Å². The van der Waals surface area contributed by atoms with Gasteiger partial charge in [-0.25, -0.2) is 9.37 Å². The highest BCUT2D eigenvalue weighted by atomic mass is 19.1. The van der Waals surface area contributed by atoms with Gasteiger partial charge in [0.1, 0.15) is 11.0 Å². The molecular weight excluding hydrogens is 387 g/mol. The molecule has 0 unspecified atom stereocenters. The summed E-state index contributed by atoms with van der Waals surface area (Å²) in [5.41, 5.74) is 2.84. The predicted molar refractivity (Wildman–Crippen MR) is 112 cm³/mol. The molecule has 1 saturated heterocycles. The molecule has 1 fully saturated rings. The lowest BCUT2D eigenvalue weighted by atomic mass is 10.1. The summed E-state index contributed by atoms with van der Waals surface area (Å²) in [5.74, 6) is -0.539. The van der Waals surface area contributed by atoms with Crippen molar-refractivity contribution < 1.29 is 13.6 Å². The van der Waals surface area contributed by atoms with Gasteiger partial charge in [-0.05, 0) is 18.2 Å². The highest BCUT2D eigenvalue weighted by Gasteiger charge is 2.20. The van der Waals surface area contributed by atoms with E-state index in [1.165, 1.54) is 6.07 Å². The Morgan fingerprint density at radius 3 is 2.83 bits per heavy atom. The Labute approximate surface area is 171 Å². The summed E-state index contributed by atoms with van der Waals surface area (Å²) in [4.78, 5) is 19.3. The molecule has 0 radical (unpaired) electrons. The first kappa shape index (κ1) is 18.6. The molecule has 0 spiro atoms. The lowest BCUT2D eigenvalue weighted by Gasteiger charge is -2.30. The highest BCUT2D eigenvalue weighted by molar-refractivity contribution is 6.14. The molecule has 1 amide bonds. The van der Waals surface area contributed by atoms with Crippen LogP contribution in [0.3, 0.4) is 0 Å². The first-order valence-corrected chi connectivity index (χ1v) is 9.79. The van der Waals surface area contributed by atoms with E-state index in [9.17, 15) is 9.18 Å². The normalized spacial score (nSPS) is 14.6. The molecule has 2 aromatic heterocycles. The maximum atomic E-state index is 14.3. The molecule has 0 aliphatic carbocycles. The van der Waals surface area contributed by atoms with E-state index in [4.69, 9.17) is 4.42 Å². The third-order valence-electron chi connectivity index (χ3n) is 5.28. The number of oxazole rings is 1. The molecule has 0 saturated carbocycles. The van der Waals surface area contributed by atoms with Gasteiger partial charge in [-0.15, -0.1) is 0 Å². The Balaban J connectivity index is 1.51. The summed E-state index contributed by atoms with van der Waals surface area (Å²) in [6.07, 6.45) is 1.92. The fraction of sp³-hybridized carbons (Fsp3) is 0.286. The van der Waals surface area contributed by atoms with E-state index in [0.717, 1.165) is 37.3 Å². The van der Waals surface area contributed by atoms with Gasteiger partial charge < -0.3 is 20.0 Å². The number of halogens is 1. The van der Waals surface area contributed by atoms with E-state index in [-0.39, 0.29) is 11.4 Å². The quantitative estimate of drug-likeness (QED) is 0.542. The van der Waals surface area contributed by atoms with Crippen LogP contribution in [-0.4, -0.2) is 46.9 Å². The van der Waals surface area contributed by atoms with Crippen molar-refractivity contribution in [2.75, 3.05) is 36.4 Å². The molecule has 0 bridgehead atoms. The zero-order valence-electron chi connectivity index (χ0n) is 16.7. The van der Waals surface area contributed by atoms with Gasteiger partial charge in [-0.3, -0.25) is 9.48 Å². The number of piperazine rings is 1. The fourth-order valence-corrected chi connectivity index (χ4v) is 3.94. The number of hydrogen-bond acceptors (Lipinski definition) is 6. The minimum atomic E-state index is -0.545. The van der Waals surface area contributed by atoms with Crippen molar-refractivity contribution in [1.29, 1.82) is 0 Å². The monoisotopic (exact) mass is 408 g/mol. The van der Waals surface area contributed by atoms with Gasteiger partial charge in [0.2, 0.25) is 0 Å². The summed E-state index contributed by atoms with van der Waals surface area (Å²) in [5, 5.41) is 11.5. The molecule has 2 aromatic carbocycles. The zero-order chi connectivity index (χ0) is 20.8. The number of hydrogen-bond donors (Lipinski definition) is 2. The lowest BCUT2D eigenvalue weighted by Crippen LogP contribution is -2.43. The summed E-state index contributed by atoms with van der Waals surface area (Å²) in [6, 6.07) is 6.54. The van der Waals surface area contributed by atoms with Crippen molar-refractivity contribution in [3.63, 3.8) is 0 Å². The first-order chi connectivity index (χ1) is 14.5. The summed E-state index contributed by atoms with van der Waals surface area (Å²) in [7, 11) is 1.83. The molecule has 1 aliphatic heterocycles. The minimum Gasteiger partial charge on any atom is -0.441 e. The third-order valence-corrected chi connectivity index (χ3v) is 5.28. The molecular formula is C21H21FN6O2. The standard InChI is InChI=1S/C21H21FN6O2/c1-12-24-20-16(22)9-13(10-18(20)30-12)25-21(29)14-3-4-17(28-7-5-23-6-8-28)15-11-27(2)26-19(14)15/h3-4,9-11,23H,5-8H2,1-2H3,(H,25,29). The molecule has 154 valence electrons. The van der Waals surface area contributed by atoms with Crippen LogP contribution in [0.25, 0.3) is 22.0 Å². The molecule has 9 heteroatoms. The Morgan fingerprint density at radius 1 is 1.23 bits per heavy atom. The van der Waals surface area contributed by atoms with Gasteiger partial charge in [-0.2, -0.15) is 5.10 Å². The Hall–Kier alpha value is -3.46. The molecule has 30 heavy (non-hydrogen) atoms. The maximum Gasteiger partial charge on any atom is 0.257 e. The summed E-state index contributed by atoms with van der Waals surface area (Å²) >= 11 is 0. The number of aromatic nitrogens is 3. The van der Waals surface area contributed by atoms with Crippen LogP contribution in [0.1, 0.15) is 16.2 Å². The SMILES string of the molecule is Cc1nc2c(F)cc(NC(=O)c3ccc(N4CCNCC4)c4cn(C)nc34)cc2o1. The largest absolute Gasteiger partial charge is 0.441 e. The van der Waals surface area contributed by atoms with Crippen molar-refractivity contribution in [2.24, 2.45) is 7.05 Å². The van der Waals surface area contributed by atoms with Crippen LogP contribution in [0, 0.1) is 12.7 Å². The van der Waals surface area contributed by atoms with Crippen LogP contribution >= 0.6 is 0 Å². The Bertz CT molecular complexity index is 1270. The van der Waals surface area contributed by atoms with Gasteiger partial charge in [0, 0.05) is 69.2 Å². The van der Waals surface area contributed by atoms with Gasteiger partial charge in [-0.1, -0.05) is 0 Å². The summed E-state index contributed by atoms with van der Waals surface area (Å²) in [6.45, 7) is 5.27. The zero-order valence-corrected chi connectivity index (χ0v) is 16.7. The van der Waals surface area contributed by atoms with Gasteiger partial charge >= 0.3 is 0 Å². The second-order valence-corrected chi connectivity index (χ2v) is 7.43. The van der Waals surface area contributed by atoms with E-state index >= 15 is 0 Å². The molecule has 0 atom stereocenters. The van der Waals surface area contributed by atoms with Crippen LogP contribution in [0.15, 0.2) is 34.9 Å². The second kappa shape index (κ2) is 7.10. The van der Waals surface area contributed by atoms with E-state index < -0.39 is 5.82 Å².